The smallest absolute Gasteiger partial charge is 0.194 e. The summed E-state index contributed by atoms with van der Waals surface area (Å²) in [6, 6.07) is 5.88. The topological polar surface area (TPSA) is 84.7 Å². The van der Waals surface area contributed by atoms with E-state index in [0.29, 0.717) is 5.65 Å². The van der Waals surface area contributed by atoms with E-state index in [0.717, 1.165) is 11.1 Å². The van der Waals surface area contributed by atoms with Crippen molar-refractivity contribution in [3.8, 4) is 5.75 Å². The number of ether oxygens (including phenoxy) is 4. The third-order valence-electron chi connectivity index (χ3n) is 5.71. The number of methoxy groups -OCH3 is 1. The molecule has 8 nitrogen and oxygen atoms in total. The highest BCUT2D eigenvalue weighted by Gasteiger charge is 2.58. The van der Waals surface area contributed by atoms with Gasteiger partial charge in [0.2, 0.25) is 0 Å². The molecule has 0 saturated carbocycles. The zero-order valence-electron chi connectivity index (χ0n) is 17.5. The first-order valence-corrected chi connectivity index (χ1v) is 9.96. The lowest BCUT2D eigenvalue weighted by Crippen LogP contribution is -2.35. The normalized spacial score (nSPS) is 26.9. The fourth-order valence-electron chi connectivity index (χ4n) is 4.29. The molecule has 0 amide bonds. The summed E-state index contributed by atoms with van der Waals surface area (Å²) < 4.78 is 39.1. The molecule has 162 valence electrons. The molecule has 2 aliphatic heterocycles. The van der Waals surface area contributed by atoms with Gasteiger partial charge in [0.1, 0.15) is 24.2 Å². The first kappa shape index (κ1) is 20.0. The molecule has 4 heterocycles. The summed E-state index contributed by atoms with van der Waals surface area (Å²) in [4.78, 5) is 22.0. The van der Waals surface area contributed by atoms with Gasteiger partial charge in [0.15, 0.2) is 35.5 Å². The van der Waals surface area contributed by atoms with Gasteiger partial charge < -0.3 is 23.5 Å². The third kappa shape index (κ3) is 3.20. The molecule has 0 N–H and O–H groups in total. The number of aryl methyl sites for hydroxylation is 1. The van der Waals surface area contributed by atoms with Crippen LogP contribution in [0.4, 0.5) is 4.39 Å². The van der Waals surface area contributed by atoms with Crippen molar-refractivity contribution in [2.45, 2.75) is 51.1 Å². The van der Waals surface area contributed by atoms with E-state index in [9.17, 15) is 9.18 Å². The van der Waals surface area contributed by atoms with E-state index in [4.69, 9.17) is 18.9 Å². The minimum Gasteiger partial charge on any atom is -0.494 e. The van der Waals surface area contributed by atoms with Crippen molar-refractivity contribution in [2.24, 2.45) is 0 Å². The number of halogens is 1. The summed E-state index contributed by atoms with van der Waals surface area (Å²) in [5.74, 6) is -1.77. The Morgan fingerprint density at radius 2 is 1.97 bits per heavy atom. The quantitative estimate of drug-likeness (QED) is 0.591. The predicted molar refractivity (Wildman–Crippen MR) is 107 cm³/mol. The number of aromatic nitrogens is 3. The highest BCUT2D eigenvalue weighted by molar-refractivity contribution is 6.00. The minimum absolute atomic E-state index is 0.00977. The standard InChI is InChI=1S/C22H22FN3O5/c1-11-13-7-8-26(20(13)25-10-24-11)21-19-18(30-22(2,3)31-19)17(29-21)16(27)12-5-6-14(23)15(9-12)28-4/h5-10,17-19,21H,1-4H3/t17-,18-,19-,21-/m1/s1. The molecule has 3 aromatic rings. The zero-order valence-corrected chi connectivity index (χ0v) is 17.5. The first-order valence-electron chi connectivity index (χ1n) is 9.96. The Kier molecular flexibility index (Phi) is 4.58. The lowest BCUT2D eigenvalue weighted by atomic mass is 10.0. The van der Waals surface area contributed by atoms with E-state index in [1.165, 1.54) is 31.6 Å². The van der Waals surface area contributed by atoms with E-state index < -0.39 is 36.1 Å². The molecule has 1 aromatic carbocycles. The number of ketones is 1. The van der Waals surface area contributed by atoms with Crippen LogP contribution < -0.4 is 4.74 Å². The molecule has 2 fully saturated rings. The Morgan fingerprint density at radius 1 is 1.19 bits per heavy atom. The minimum atomic E-state index is -0.938. The van der Waals surface area contributed by atoms with Gasteiger partial charge in [-0.25, -0.2) is 14.4 Å². The van der Waals surface area contributed by atoms with Crippen LogP contribution in [0.15, 0.2) is 36.8 Å². The Bertz CT molecular complexity index is 1180. The molecule has 31 heavy (non-hydrogen) atoms. The van der Waals surface area contributed by atoms with Gasteiger partial charge in [-0.2, -0.15) is 0 Å². The molecule has 2 aliphatic rings. The van der Waals surface area contributed by atoms with Crippen LogP contribution in [-0.4, -0.2) is 51.5 Å². The first-order chi connectivity index (χ1) is 14.8. The summed E-state index contributed by atoms with van der Waals surface area (Å²) >= 11 is 0. The van der Waals surface area contributed by atoms with E-state index >= 15 is 0 Å². The van der Waals surface area contributed by atoms with E-state index in [2.05, 4.69) is 9.97 Å². The number of hydrogen-bond acceptors (Lipinski definition) is 7. The Labute approximate surface area is 177 Å². The van der Waals surface area contributed by atoms with Crippen LogP contribution in [-0.2, 0) is 14.2 Å². The van der Waals surface area contributed by atoms with Crippen LogP contribution in [0.2, 0.25) is 0 Å². The number of carbonyl (C=O) groups excluding carboxylic acids is 1. The molecule has 0 aliphatic carbocycles. The summed E-state index contributed by atoms with van der Waals surface area (Å²) in [6.45, 7) is 5.50. The lowest BCUT2D eigenvalue weighted by molar-refractivity contribution is -0.190. The van der Waals surface area contributed by atoms with Crippen LogP contribution in [0.25, 0.3) is 11.0 Å². The van der Waals surface area contributed by atoms with Crippen molar-refractivity contribution >= 4 is 16.8 Å². The van der Waals surface area contributed by atoms with Gasteiger partial charge in [-0.3, -0.25) is 4.79 Å². The Balaban J connectivity index is 1.54. The third-order valence-corrected chi connectivity index (χ3v) is 5.71. The molecule has 2 saturated heterocycles. The molecular formula is C22H22FN3O5. The number of carbonyl (C=O) groups is 1. The number of rotatable bonds is 4. The van der Waals surface area contributed by atoms with Gasteiger partial charge in [0, 0.05) is 17.1 Å². The van der Waals surface area contributed by atoms with Crippen molar-refractivity contribution in [1.29, 1.82) is 0 Å². The fraction of sp³-hybridized carbons (Fsp3) is 0.409. The van der Waals surface area contributed by atoms with Crippen LogP contribution in [0.5, 0.6) is 5.75 Å². The van der Waals surface area contributed by atoms with E-state index in [1.54, 1.807) is 13.8 Å². The highest BCUT2D eigenvalue weighted by Crippen LogP contribution is 2.45. The molecule has 2 aromatic heterocycles. The van der Waals surface area contributed by atoms with Crippen molar-refractivity contribution in [2.75, 3.05) is 7.11 Å². The lowest BCUT2D eigenvalue weighted by Gasteiger charge is -2.24. The summed E-state index contributed by atoms with van der Waals surface area (Å²) in [7, 11) is 1.35. The zero-order chi connectivity index (χ0) is 21.9. The molecule has 0 bridgehead atoms. The van der Waals surface area contributed by atoms with Crippen LogP contribution >= 0.6 is 0 Å². The average molecular weight is 427 g/mol. The van der Waals surface area contributed by atoms with E-state index in [1.807, 2.05) is 23.8 Å². The number of fused-ring (bicyclic) bond motifs is 2. The maximum Gasteiger partial charge on any atom is 0.194 e. The van der Waals surface area contributed by atoms with Gasteiger partial charge >= 0.3 is 0 Å². The Morgan fingerprint density at radius 3 is 2.74 bits per heavy atom. The number of benzene rings is 1. The predicted octanol–water partition coefficient (Wildman–Crippen LogP) is 3.19. The molecule has 0 unspecified atom stereocenters. The molecular weight excluding hydrogens is 405 g/mol. The molecule has 0 radical (unpaired) electrons. The van der Waals surface area contributed by atoms with Crippen molar-refractivity contribution in [3.05, 3.63) is 53.9 Å². The Hall–Kier alpha value is -2.88. The van der Waals surface area contributed by atoms with E-state index in [-0.39, 0.29) is 17.1 Å². The van der Waals surface area contributed by atoms with Crippen LogP contribution in [0.3, 0.4) is 0 Å². The summed E-state index contributed by atoms with van der Waals surface area (Å²) in [5, 5.41) is 0.888. The van der Waals surface area contributed by atoms with Gasteiger partial charge in [0.25, 0.3) is 0 Å². The number of nitrogens with zero attached hydrogens (tertiary/aromatic N) is 3. The second-order valence-corrected chi connectivity index (χ2v) is 8.14. The molecule has 9 heteroatoms. The molecule has 0 spiro atoms. The van der Waals surface area contributed by atoms with Crippen LogP contribution in [0.1, 0.15) is 36.1 Å². The maximum absolute atomic E-state index is 13.8. The average Bonchev–Trinajstić information content (AvgIpc) is 3.39. The van der Waals surface area contributed by atoms with Gasteiger partial charge in [-0.15, -0.1) is 0 Å². The summed E-state index contributed by atoms with van der Waals surface area (Å²) in [6.07, 6.45) is 0.601. The molecule has 5 rings (SSSR count). The second kappa shape index (κ2) is 7.08. The number of Topliss-reactive ketones (excluding diaryl/α,β-unsaturated/α-hetero) is 1. The summed E-state index contributed by atoms with van der Waals surface area (Å²) in [5.41, 5.74) is 1.79. The maximum atomic E-state index is 13.8. The van der Waals surface area contributed by atoms with Crippen molar-refractivity contribution in [1.82, 2.24) is 14.5 Å². The largest absolute Gasteiger partial charge is 0.494 e. The monoisotopic (exact) mass is 427 g/mol. The SMILES string of the molecule is COc1cc(C(=O)[C@H]2O[C@@H](n3ccc4c(C)ncnc43)[C@@H]3OC(C)(C)O[C@@H]32)ccc1F. The van der Waals surface area contributed by atoms with Gasteiger partial charge in [-0.1, -0.05) is 0 Å². The fourth-order valence-corrected chi connectivity index (χ4v) is 4.29. The second-order valence-electron chi connectivity index (χ2n) is 8.14. The molecule has 4 atom stereocenters. The number of hydrogen-bond donors (Lipinski definition) is 0. The van der Waals surface area contributed by atoms with Gasteiger partial charge in [0.05, 0.1) is 12.8 Å². The van der Waals surface area contributed by atoms with Crippen molar-refractivity contribution < 1.29 is 28.1 Å². The van der Waals surface area contributed by atoms with Gasteiger partial charge in [-0.05, 0) is 45.0 Å². The highest BCUT2D eigenvalue weighted by atomic mass is 19.1. The van der Waals surface area contributed by atoms with Crippen LogP contribution in [0, 0.1) is 12.7 Å². The van der Waals surface area contributed by atoms with Crippen molar-refractivity contribution in [3.63, 3.8) is 0 Å².